The highest BCUT2D eigenvalue weighted by Crippen LogP contribution is 2.23. The number of benzene rings is 1. The van der Waals surface area contributed by atoms with E-state index < -0.39 is 11.9 Å². The molecule has 0 aliphatic heterocycles. The summed E-state index contributed by atoms with van der Waals surface area (Å²) < 4.78 is 1.13. The van der Waals surface area contributed by atoms with Gasteiger partial charge in [-0.15, -0.1) is 0 Å². The van der Waals surface area contributed by atoms with E-state index in [0.29, 0.717) is 5.69 Å². The number of carbonyl (C=O) groups is 2. The molecule has 1 heterocycles. The maximum atomic E-state index is 11.1. The largest absolute Gasteiger partial charge is 0.478 e. The van der Waals surface area contributed by atoms with Crippen LogP contribution in [0.3, 0.4) is 0 Å². The third-order valence-corrected chi connectivity index (χ3v) is 3.21. The number of anilines is 1. The van der Waals surface area contributed by atoms with Crippen LogP contribution in [0.5, 0.6) is 0 Å². The molecule has 0 unspecified atom stereocenters. The first kappa shape index (κ1) is 15.4. The Morgan fingerprint density at radius 2 is 1.82 bits per heavy atom. The molecule has 22 heavy (non-hydrogen) atoms. The van der Waals surface area contributed by atoms with E-state index in [1.165, 1.54) is 12.1 Å². The number of thiol groups is 1. The minimum absolute atomic E-state index is 0.00886. The number of aromatic carboxylic acids is 2. The number of nitrogens with two attached hydrogens (primary N) is 1. The number of nitrogen functional groups attached to an aromatic ring is 1. The minimum Gasteiger partial charge on any atom is -0.478 e. The monoisotopic (exact) mass is 318 g/mol. The first-order chi connectivity index (χ1) is 10.4. The fourth-order valence-corrected chi connectivity index (χ4v) is 2.11. The summed E-state index contributed by atoms with van der Waals surface area (Å²) in [5.74, 6) is -2.43. The van der Waals surface area contributed by atoms with Gasteiger partial charge >= 0.3 is 11.9 Å². The summed E-state index contributed by atoms with van der Waals surface area (Å²) in [7, 11) is 0. The lowest BCUT2D eigenvalue weighted by Crippen LogP contribution is -2.08. The average Bonchev–Trinajstić information content (AvgIpc) is 2.82. The van der Waals surface area contributed by atoms with Crippen LogP contribution in [0.25, 0.3) is 5.69 Å². The van der Waals surface area contributed by atoms with Gasteiger partial charge in [0, 0.05) is 5.75 Å². The van der Waals surface area contributed by atoms with E-state index in [1.54, 1.807) is 0 Å². The highest BCUT2D eigenvalue weighted by molar-refractivity contribution is 7.79. The van der Waals surface area contributed by atoms with Crippen molar-refractivity contribution in [1.29, 1.82) is 5.26 Å². The molecule has 0 saturated carbocycles. The second-order valence-electron chi connectivity index (χ2n) is 4.27. The summed E-state index contributed by atoms with van der Waals surface area (Å²) in [5, 5.41) is 31.3. The normalized spacial score (nSPS) is 10.2. The van der Waals surface area contributed by atoms with Gasteiger partial charge in [-0.1, -0.05) is 0 Å². The van der Waals surface area contributed by atoms with E-state index in [9.17, 15) is 9.59 Å². The Labute approximate surface area is 129 Å². The molecule has 112 valence electrons. The number of carboxylic acids is 2. The molecule has 0 aliphatic rings. The molecule has 0 saturated heterocycles. The van der Waals surface area contributed by atoms with Crippen molar-refractivity contribution < 1.29 is 19.8 Å². The molecular weight excluding hydrogens is 308 g/mol. The fourth-order valence-electron chi connectivity index (χ4n) is 1.89. The Balaban J connectivity index is 2.72. The Hall–Kier alpha value is -2.99. The third kappa shape index (κ3) is 2.59. The van der Waals surface area contributed by atoms with Gasteiger partial charge < -0.3 is 15.9 Å². The second-order valence-corrected chi connectivity index (χ2v) is 4.58. The van der Waals surface area contributed by atoms with Gasteiger partial charge in [0.05, 0.1) is 22.5 Å². The summed E-state index contributed by atoms with van der Waals surface area (Å²) in [6, 6.07) is 5.36. The van der Waals surface area contributed by atoms with Gasteiger partial charge in [0.15, 0.2) is 0 Å². The minimum atomic E-state index is -1.29. The molecule has 0 fully saturated rings. The number of hydrogen-bond donors (Lipinski definition) is 4. The number of aromatic nitrogens is 2. The van der Waals surface area contributed by atoms with Crippen LogP contribution in [-0.4, -0.2) is 31.9 Å². The van der Waals surface area contributed by atoms with Crippen molar-refractivity contribution in [3.63, 3.8) is 0 Å². The van der Waals surface area contributed by atoms with Gasteiger partial charge in [0.2, 0.25) is 0 Å². The van der Waals surface area contributed by atoms with Crippen molar-refractivity contribution in [1.82, 2.24) is 9.78 Å². The van der Waals surface area contributed by atoms with Crippen molar-refractivity contribution in [2.75, 3.05) is 5.73 Å². The van der Waals surface area contributed by atoms with Crippen LogP contribution >= 0.6 is 12.6 Å². The van der Waals surface area contributed by atoms with Crippen LogP contribution in [-0.2, 0) is 5.75 Å². The van der Waals surface area contributed by atoms with Gasteiger partial charge in [-0.3, -0.25) is 0 Å². The highest BCUT2D eigenvalue weighted by atomic mass is 32.1. The summed E-state index contributed by atoms with van der Waals surface area (Å²) in [4.78, 5) is 22.2. The summed E-state index contributed by atoms with van der Waals surface area (Å²) in [6.07, 6.45) is 0. The summed E-state index contributed by atoms with van der Waals surface area (Å²) in [6.45, 7) is 0. The number of nitriles is 1. The van der Waals surface area contributed by atoms with Crippen LogP contribution in [0.1, 0.15) is 32.0 Å². The number of nitrogens with zero attached hydrogens (tertiary/aromatic N) is 3. The zero-order chi connectivity index (χ0) is 16.4. The average molecular weight is 318 g/mol. The third-order valence-electron chi connectivity index (χ3n) is 2.91. The molecule has 1 aromatic carbocycles. The summed E-state index contributed by atoms with van der Waals surface area (Å²) in [5.41, 5.74) is 5.95. The zero-order valence-electron chi connectivity index (χ0n) is 11.0. The van der Waals surface area contributed by atoms with Crippen molar-refractivity contribution >= 4 is 30.4 Å². The van der Waals surface area contributed by atoms with Gasteiger partial charge in [-0.2, -0.15) is 23.0 Å². The lowest BCUT2D eigenvalue weighted by atomic mass is 10.1. The molecule has 0 bridgehead atoms. The lowest BCUT2D eigenvalue weighted by Gasteiger charge is -2.07. The smallest absolute Gasteiger partial charge is 0.335 e. The SMILES string of the molecule is N#Cc1c(CS)nn(-c2cc(C(=O)O)cc(C(=O)O)c2)c1N. The van der Waals surface area contributed by atoms with Gasteiger partial charge in [-0.25, -0.2) is 14.3 Å². The fraction of sp³-hybridized carbons (Fsp3) is 0.0769. The topological polar surface area (TPSA) is 142 Å². The molecule has 4 N–H and O–H groups in total. The molecule has 0 aliphatic carbocycles. The molecule has 0 radical (unpaired) electrons. The maximum Gasteiger partial charge on any atom is 0.335 e. The molecule has 2 aromatic rings. The van der Waals surface area contributed by atoms with Crippen LogP contribution in [0.2, 0.25) is 0 Å². The van der Waals surface area contributed by atoms with Crippen LogP contribution in [0, 0.1) is 11.3 Å². The first-order valence-corrected chi connectivity index (χ1v) is 6.52. The maximum absolute atomic E-state index is 11.1. The molecule has 0 amide bonds. The predicted molar refractivity (Wildman–Crippen MR) is 79.3 cm³/mol. The zero-order valence-corrected chi connectivity index (χ0v) is 11.9. The molecule has 0 atom stereocenters. The Bertz CT molecular complexity index is 790. The number of hydrogen-bond acceptors (Lipinski definition) is 6. The van der Waals surface area contributed by atoms with Gasteiger partial charge in [0.1, 0.15) is 17.5 Å². The molecule has 1 aromatic heterocycles. The highest BCUT2D eigenvalue weighted by Gasteiger charge is 2.18. The van der Waals surface area contributed by atoms with Crippen molar-refractivity contribution in [2.24, 2.45) is 0 Å². The summed E-state index contributed by atoms with van der Waals surface area (Å²) >= 11 is 4.04. The van der Waals surface area contributed by atoms with Crippen LogP contribution in [0.15, 0.2) is 18.2 Å². The first-order valence-electron chi connectivity index (χ1n) is 5.89. The van der Waals surface area contributed by atoms with Gasteiger partial charge in [-0.05, 0) is 18.2 Å². The van der Waals surface area contributed by atoms with E-state index in [2.05, 4.69) is 17.7 Å². The Morgan fingerprint density at radius 1 is 1.27 bits per heavy atom. The molecule has 0 spiro atoms. The van der Waals surface area contributed by atoms with Gasteiger partial charge in [0.25, 0.3) is 0 Å². The lowest BCUT2D eigenvalue weighted by molar-refractivity contribution is 0.0696. The van der Waals surface area contributed by atoms with Crippen molar-refractivity contribution in [2.45, 2.75) is 5.75 Å². The van der Waals surface area contributed by atoms with E-state index in [0.717, 1.165) is 10.7 Å². The van der Waals surface area contributed by atoms with Crippen LogP contribution < -0.4 is 5.73 Å². The molecule has 2 rings (SSSR count). The van der Waals surface area contributed by atoms with E-state index in [-0.39, 0.29) is 33.9 Å². The molecule has 9 heteroatoms. The van der Waals surface area contributed by atoms with E-state index >= 15 is 0 Å². The van der Waals surface area contributed by atoms with E-state index in [1.807, 2.05) is 6.07 Å². The number of carboxylic acid groups (broad SMARTS) is 2. The number of rotatable bonds is 4. The van der Waals surface area contributed by atoms with Crippen LogP contribution in [0.4, 0.5) is 5.82 Å². The standard InChI is InChI=1S/C13H10N4O4S/c14-4-9-10(5-22)16-17(11(9)15)8-2-6(12(18)19)1-7(3-8)13(20)21/h1-3,22H,5,15H2,(H,18,19)(H,20,21). The Kier molecular flexibility index (Phi) is 4.05. The van der Waals surface area contributed by atoms with Crippen molar-refractivity contribution in [3.05, 3.63) is 40.6 Å². The molecule has 8 nitrogen and oxygen atoms in total. The quantitative estimate of drug-likeness (QED) is 0.619. The van der Waals surface area contributed by atoms with Crippen molar-refractivity contribution in [3.8, 4) is 11.8 Å². The van der Waals surface area contributed by atoms with E-state index in [4.69, 9.17) is 21.2 Å². The predicted octanol–water partition coefficient (Wildman–Crippen LogP) is 1.15. The molecular formula is C13H10N4O4S. The Morgan fingerprint density at radius 3 is 2.18 bits per heavy atom. The second kappa shape index (κ2) is 5.79.